The molecule has 4 aromatic rings. The summed E-state index contributed by atoms with van der Waals surface area (Å²) in [4.78, 5) is 7.70. The van der Waals surface area contributed by atoms with Crippen molar-refractivity contribution in [2.24, 2.45) is 0 Å². The zero-order chi connectivity index (χ0) is 19.3. The summed E-state index contributed by atoms with van der Waals surface area (Å²) >= 11 is 6.07. The standard InChI is InChI=1S/C17H6ClF5N4/c18-16-9(8-10(19)12(21)14(23)13(22)11(8)20)15(7-4-2-1-3-5-7)27-17(26-16)24-6-25-27/h1-6H. The highest BCUT2D eigenvalue weighted by molar-refractivity contribution is 6.33. The highest BCUT2D eigenvalue weighted by Crippen LogP contribution is 2.41. The molecule has 0 spiro atoms. The van der Waals surface area contributed by atoms with Crippen LogP contribution < -0.4 is 0 Å². The third kappa shape index (κ3) is 2.54. The minimum absolute atomic E-state index is 0.00789. The Balaban J connectivity index is 2.21. The van der Waals surface area contributed by atoms with Gasteiger partial charge < -0.3 is 0 Å². The quantitative estimate of drug-likeness (QED) is 0.211. The fourth-order valence-electron chi connectivity index (χ4n) is 2.73. The molecule has 0 aliphatic heterocycles. The van der Waals surface area contributed by atoms with Crippen molar-refractivity contribution >= 4 is 17.4 Å². The number of benzene rings is 2. The number of nitrogens with zero attached hydrogens (tertiary/aromatic N) is 4. The predicted molar refractivity (Wildman–Crippen MR) is 86.5 cm³/mol. The lowest BCUT2D eigenvalue weighted by Gasteiger charge is -2.15. The van der Waals surface area contributed by atoms with Crippen molar-refractivity contribution in [2.45, 2.75) is 0 Å². The van der Waals surface area contributed by atoms with E-state index in [1.807, 2.05) is 0 Å². The number of hydrogen-bond acceptors (Lipinski definition) is 3. The van der Waals surface area contributed by atoms with Crippen LogP contribution in [0.3, 0.4) is 0 Å². The van der Waals surface area contributed by atoms with Gasteiger partial charge in [0.15, 0.2) is 23.3 Å². The van der Waals surface area contributed by atoms with E-state index in [0.29, 0.717) is 5.56 Å². The average Bonchev–Trinajstić information content (AvgIpc) is 3.13. The minimum Gasteiger partial charge on any atom is -0.203 e. The van der Waals surface area contributed by atoms with Crippen molar-refractivity contribution in [3.8, 4) is 22.4 Å². The number of rotatable bonds is 2. The van der Waals surface area contributed by atoms with E-state index in [1.165, 1.54) is 0 Å². The van der Waals surface area contributed by atoms with Crippen LogP contribution in [-0.4, -0.2) is 19.6 Å². The molecule has 10 heteroatoms. The monoisotopic (exact) mass is 396 g/mol. The molecule has 0 N–H and O–H groups in total. The third-order valence-corrected chi connectivity index (χ3v) is 4.16. The van der Waals surface area contributed by atoms with E-state index in [9.17, 15) is 22.0 Å². The maximum absolute atomic E-state index is 14.4. The Labute approximate surface area is 152 Å². The van der Waals surface area contributed by atoms with Crippen LogP contribution in [0, 0.1) is 29.1 Å². The maximum atomic E-state index is 14.4. The van der Waals surface area contributed by atoms with Crippen LogP contribution in [0.4, 0.5) is 22.0 Å². The molecule has 0 unspecified atom stereocenters. The maximum Gasteiger partial charge on any atom is 0.254 e. The van der Waals surface area contributed by atoms with Crippen LogP contribution in [0.25, 0.3) is 28.2 Å². The van der Waals surface area contributed by atoms with Gasteiger partial charge in [0.2, 0.25) is 5.82 Å². The van der Waals surface area contributed by atoms with Crippen molar-refractivity contribution in [1.29, 1.82) is 0 Å². The second-order valence-electron chi connectivity index (χ2n) is 5.41. The number of hydrogen-bond donors (Lipinski definition) is 0. The smallest absolute Gasteiger partial charge is 0.203 e. The second kappa shape index (κ2) is 6.27. The van der Waals surface area contributed by atoms with E-state index < -0.39 is 45.4 Å². The lowest BCUT2D eigenvalue weighted by molar-refractivity contribution is 0.381. The Bertz CT molecular complexity index is 1160. The van der Waals surface area contributed by atoms with Crippen molar-refractivity contribution in [3.63, 3.8) is 0 Å². The summed E-state index contributed by atoms with van der Waals surface area (Å²) in [5, 5.41) is 3.43. The zero-order valence-corrected chi connectivity index (χ0v) is 13.8. The fraction of sp³-hybridized carbons (Fsp3) is 0. The van der Waals surface area contributed by atoms with Gasteiger partial charge in [-0.2, -0.15) is 19.6 Å². The average molecular weight is 397 g/mol. The molecule has 0 atom stereocenters. The molecule has 0 bridgehead atoms. The molecule has 2 aromatic carbocycles. The van der Waals surface area contributed by atoms with E-state index in [0.717, 1.165) is 10.8 Å². The second-order valence-corrected chi connectivity index (χ2v) is 5.77. The van der Waals surface area contributed by atoms with Crippen LogP contribution in [0.5, 0.6) is 0 Å². The van der Waals surface area contributed by atoms with Gasteiger partial charge in [-0.3, -0.25) is 0 Å². The summed E-state index contributed by atoms with van der Waals surface area (Å²) < 4.78 is 70.9. The molecule has 0 saturated carbocycles. The van der Waals surface area contributed by atoms with E-state index in [4.69, 9.17) is 11.6 Å². The lowest BCUT2D eigenvalue weighted by atomic mass is 9.99. The van der Waals surface area contributed by atoms with E-state index >= 15 is 0 Å². The van der Waals surface area contributed by atoms with Crippen molar-refractivity contribution in [2.75, 3.05) is 0 Å². The fourth-order valence-corrected chi connectivity index (χ4v) is 2.98. The first-order valence-electron chi connectivity index (χ1n) is 7.38. The van der Waals surface area contributed by atoms with Gasteiger partial charge >= 0.3 is 0 Å². The van der Waals surface area contributed by atoms with E-state index in [1.54, 1.807) is 30.3 Å². The van der Waals surface area contributed by atoms with Crippen molar-refractivity contribution in [3.05, 3.63) is 70.9 Å². The molecule has 0 fully saturated rings. The first kappa shape index (κ1) is 17.3. The first-order valence-corrected chi connectivity index (χ1v) is 7.76. The van der Waals surface area contributed by atoms with Gasteiger partial charge in [0.1, 0.15) is 11.5 Å². The molecule has 0 aliphatic rings. The Morgan fingerprint density at radius 3 is 2.00 bits per heavy atom. The summed E-state index contributed by atoms with van der Waals surface area (Å²) in [6.45, 7) is 0. The Kier molecular flexibility index (Phi) is 4.03. The summed E-state index contributed by atoms with van der Waals surface area (Å²) in [6, 6.07) is 8.04. The SMILES string of the molecule is Fc1c(F)c(F)c(-c2c(Cl)nc3ncnn3c2-c2ccccc2)c(F)c1F. The summed E-state index contributed by atoms with van der Waals surface area (Å²) in [5.74, 6) is -10.5. The van der Waals surface area contributed by atoms with Crippen LogP contribution >= 0.6 is 11.6 Å². The molecule has 0 aliphatic carbocycles. The van der Waals surface area contributed by atoms with Crippen LogP contribution in [0.1, 0.15) is 0 Å². The molecular weight excluding hydrogens is 391 g/mol. The first-order chi connectivity index (χ1) is 12.9. The molecule has 4 rings (SSSR count). The molecule has 0 radical (unpaired) electrons. The molecule has 136 valence electrons. The Morgan fingerprint density at radius 1 is 0.778 bits per heavy atom. The molecule has 2 heterocycles. The largest absolute Gasteiger partial charge is 0.254 e. The Morgan fingerprint density at radius 2 is 1.37 bits per heavy atom. The molecule has 0 amide bonds. The normalized spacial score (nSPS) is 11.3. The van der Waals surface area contributed by atoms with E-state index in [2.05, 4.69) is 15.1 Å². The molecule has 27 heavy (non-hydrogen) atoms. The van der Waals surface area contributed by atoms with Gasteiger partial charge in [-0.25, -0.2) is 22.0 Å². The van der Waals surface area contributed by atoms with Gasteiger partial charge in [-0.15, -0.1) is 0 Å². The number of fused-ring (bicyclic) bond motifs is 1. The highest BCUT2D eigenvalue weighted by Gasteiger charge is 2.31. The topological polar surface area (TPSA) is 43.1 Å². The minimum atomic E-state index is -2.26. The third-order valence-electron chi connectivity index (χ3n) is 3.89. The van der Waals surface area contributed by atoms with E-state index in [-0.39, 0.29) is 11.5 Å². The number of aromatic nitrogens is 4. The molecular formula is C17H6ClF5N4. The van der Waals surface area contributed by atoms with Gasteiger partial charge in [-0.1, -0.05) is 41.9 Å². The summed E-state index contributed by atoms with van der Waals surface area (Å²) in [5.41, 5.74) is -1.35. The molecule has 2 aromatic heterocycles. The van der Waals surface area contributed by atoms with Crippen molar-refractivity contribution < 1.29 is 22.0 Å². The lowest BCUT2D eigenvalue weighted by Crippen LogP contribution is -2.08. The van der Waals surface area contributed by atoms with Crippen LogP contribution in [0.15, 0.2) is 36.7 Å². The highest BCUT2D eigenvalue weighted by atomic mass is 35.5. The van der Waals surface area contributed by atoms with Gasteiger partial charge in [-0.05, 0) is 0 Å². The summed E-state index contributed by atoms with van der Waals surface area (Å²) in [6.07, 6.45) is 1.12. The van der Waals surface area contributed by atoms with Crippen LogP contribution in [-0.2, 0) is 0 Å². The number of halogens is 6. The van der Waals surface area contributed by atoms with Crippen LogP contribution in [0.2, 0.25) is 5.15 Å². The Hall–Kier alpha value is -3.07. The summed E-state index contributed by atoms with van der Waals surface area (Å²) in [7, 11) is 0. The molecule has 4 nitrogen and oxygen atoms in total. The van der Waals surface area contributed by atoms with Gasteiger partial charge in [0, 0.05) is 5.56 Å². The van der Waals surface area contributed by atoms with Gasteiger partial charge in [0.25, 0.3) is 5.78 Å². The van der Waals surface area contributed by atoms with Crippen molar-refractivity contribution in [1.82, 2.24) is 19.6 Å². The molecule has 0 saturated heterocycles. The van der Waals surface area contributed by atoms with Gasteiger partial charge in [0.05, 0.1) is 16.8 Å². The zero-order valence-electron chi connectivity index (χ0n) is 13.0. The predicted octanol–water partition coefficient (Wildman–Crippen LogP) is 4.81.